The van der Waals surface area contributed by atoms with Gasteiger partial charge in [-0.3, -0.25) is 9.36 Å². The second-order valence-electron chi connectivity index (χ2n) is 7.88. The number of rotatable bonds is 6. The van der Waals surface area contributed by atoms with Crippen LogP contribution in [-0.4, -0.2) is 26.4 Å². The lowest BCUT2D eigenvalue weighted by Crippen LogP contribution is -2.15. The summed E-state index contributed by atoms with van der Waals surface area (Å²) in [7, 11) is 0. The molecule has 0 unspecified atom stereocenters. The van der Waals surface area contributed by atoms with Crippen molar-refractivity contribution in [3.05, 3.63) is 88.4 Å². The number of amides is 1. The van der Waals surface area contributed by atoms with Crippen LogP contribution in [0.1, 0.15) is 16.7 Å². The third kappa shape index (κ3) is 5.86. The number of carbonyl (C=O) groups is 1. The van der Waals surface area contributed by atoms with Gasteiger partial charge in [-0.05, 0) is 50.2 Å². The highest BCUT2D eigenvalue weighted by molar-refractivity contribution is 7.99. The number of benzene rings is 3. The molecule has 0 bridgehead atoms. The number of anilines is 1. The first-order valence-corrected chi connectivity index (χ1v) is 11.9. The van der Waals surface area contributed by atoms with E-state index in [-0.39, 0.29) is 11.4 Å². The highest BCUT2D eigenvalue weighted by Crippen LogP contribution is 2.36. The van der Waals surface area contributed by atoms with Gasteiger partial charge in [-0.1, -0.05) is 64.8 Å². The Kier molecular flexibility index (Phi) is 7.18. The molecular weight excluding hydrogens is 497 g/mol. The molecule has 4 rings (SSSR count). The molecule has 0 aliphatic heterocycles. The van der Waals surface area contributed by atoms with Crippen molar-refractivity contribution in [3.8, 4) is 17.1 Å². The molecule has 0 fully saturated rings. The van der Waals surface area contributed by atoms with Crippen LogP contribution < -0.4 is 5.32 Å². The van der Waals surface area contributed by atoms with Crippen molar-refractivity contribution in [2.24, 2.45) is 0 Å². The zero-order valence-electron chi connectivity index (χ0n) is 18.7. The van der Waals surface area contributed by atoms with E-state index in [1.165, 1.54) is 6.07 Å². The van der Waals surface area contributed by atoms with Crippen LogP contribution in [0, 0.1) is 13.8 Å². The van der Waals surface area contributed by atoms with Crippen molar-refractivity contribution in [3.63, 3.8) is 0 Å². The zero-order chi connectivity index (χ0) is 25.2. The Labute approximate surface area is 209 Å². The standard InChI is InChI=1S/C25H20ClF3N4OS/c1-15-6-9-19(10-7-15)33-23(17-5-3-4-16(2)12-17)31-32-24(33)35-14-22(34)30-18-8-11-21(26)20(13-18)25(27,28)29/h3-13H,14H2,1-2H3,(H,30,34). The Morgan fingerprint density at radius 2 is 1.74 bits per heavy atom. The molecule has 1 heterocycles. The molecule has 0 saturated carbocycles. The van der Waals surface area contributed by atoms with E-state index in [4.69, 9.17) is 11.6 Å². The second-order valence-corrected chi connectivity index (χ2v) is 9.23. The summed E-state index contributed by atoms with van der Waals surface area (Å²) in [5.74, 6) is 0.0518. The van der Waals surface area contributed by atoms with E-state index in [0.717, 1.165) is 46.3 Å². The number of aryl methyl sites for hydroxylation is 2. The van der Waals surface area contributed by atoms with E-state index in [1.54, 1.807) is 0 Å². The lowest BCUT2D eigenvalue weighted by atomic mass is 10.1. The minimum atomic E-state index is -4.62. The highest BCUT2D eigenvalue weighted by Gasteiger charge is 2.33. The van der Waals surface area contributed by atoms with Crippen LogP contribution in [0.3, 0.4) is 0 Å². The van der Waals surface area contributed by atoms with Gasteiger partial charge < -0.3 is 5.32 Å². The normalized spacial score (nSPS) is 11.5. The minimum Gasteiger partial charge on any atom is -0.325 e. The lowest BCUT2D eigenvalue weighted by molar-refractivity contribution is -0.137. The molecule has 3 aromatic carbocycles. The third-order valence-electron chi connectivity index (χ3n) is 5.09. The zero-order valence-corrected chi connectivity index (χ0v) is 20.3. The Morgan fingerprint density at radius 1 is 1.00 bits per heavy atom. The van der Waals surface area contributed by atoms with Crippen LogP contribution in [0.4, 0.5) is 18.9 Å². The van der Waals surface area contributed by atoms with Crippen LogP contribution in [0.5, 0.6) is 0 Å². The van der Waals surface area contributed by atoms with E-state index >= 15 is 0 Å². The summed E-state index contributed by atoms with van der Waals surface area (Å²) < 4.78 is 41.2. The van der Waals surface area contributed by atoms with Gasteiger partial charge in [0.05, 0.1) is 16.3 Å². The predicted molar refractivity (Wildman–Crippen MR) is 132 cm³/mol. The SMILES string of the molecule is Cc1ccc(-n2c(SCC(=O)Nc3ccc(Cl)c(C(F)(F)F)c3)nnc2-c2cccc(C)c2)cc1. The monoisotopic (exact) mass is 516 g/mol. The average Bonchev–Trinajstić information content (AvgIpc) is 3.23. The van der Waals surface area contributed by atoms with Gasteiger partial charge in [-0.25, -0.2) is 0 Å². The summed E-state index contributed by atoms with van der Waals surface area (Å²) in [4.78, 5) is 12.5. The summed E-state index contributed by atoms with van der Waals surface area (Å²) in [5, 5.41) is 11.2. The number of hydrogen-bond donors (Lipinski definition) is 1. The van der Waals surface area contributed by atoms with Crippen molar-refractivity contribution in [2.45, 2.75) is 25.2 Å². The van der Waals surface area contributed by atoms with Crippen molar-refractivity contribution in [1.29, 1.82) is 0 Å². The fourth-order valence-corrected chi connectivity index (χ4v) is 4.39. The molecule has 0 spiro atoms. The van der Waals surface area contributed by atoms with E-state index in [2.05, 4.69) is 15.5 Å². The van der Waals surface area contributed by atoms with E-state index in [1.807, 2.05) is 66.9 Å². The minimum absolute atomic E-state index is 0.00720. The first-order chi connectivity index (χ1) is 16.6. The largest absolute Gasteiger partial charge is 0.417 e. The summed E-state index contributed by atoms with van der Waals surface area (Å²) >= 11 is 6.79. The van der Waals surface area contributed by atoms with Gasteiger partial charge in [0, 0.05) is 16.9 Å². The van der Waals surface area contributed by atoms with Gasteiger partial charge in [0.25, 0.3) is 0 Å². The molecule has 0 atom stereocenters. The van der Waals surface area contributed by atoms with Gasteiger partial charge in [0.2, 0.25) is 5.91 Å². The number of nitrogens with zero attached hydrogens (tertiary/aromatic N) is 3. The molecule has 180 valence electrons. The van der Waals surface area contributed by atoms with Gasteiger partial charge >= 0.3 is 6.18 Å². The van der Waals surface area contributed by atoms with Gasteiger partial charge in [0.15, 0.2) is 11.0 Å². The molecule has 1 amide bonds. The number of halogens is 4. The number of thioether (sulfide) groups is 1. The molecule has 1 aromatic heterocycles. The van der Waals surface area contributed by atoms with Crippen molar-refractivity contribution in [1.82, 2.24) is 14.8 Å². The van der Waals surface area contributed by atoms with Gasteiger partial charge in [0.1, 0.15) is 0 Å². The Morgan fingerprint density at radius 3 is 2.43 bits per heavy atom. The average molecular weight is 517 g/mol. The molecule has 0 radical (unpaired) electrons. The van der Waals surface area contributed by atoms with Gasteiger partial charge in [-0.15, -0.1) is 10.2 Å². The summed E-state index contributed by atoms with van der Waals surface area (Å²) in [5.41, 5.74) is 2.85. The lowest BCUT2D eigenvalue weighted by Gasteiger charge is -2.12. The quantitative estimate of drug-likeness (QED) is 0.282. The number of aromatic nitrogens is 3. The Hall–Kier alpha value is -3.30. The van der Waals surface area contributed by atoms with Crippen molar-refractivity contribution >= 4 is 35.0 Å². The second kappa shape index (κ2) is 10.1. The highest BCUT2D eigenvalue weighted by atomic mass is 35.5. The topological polar surface area (TPSA) is 59.8 Å². The van der Waals surface area contributed by atoms with Crippen molar-refractivity contribution in [2.75, 3.05) is 11.1 Å². The van der Waals surface area contributed by atoms with Crippen LogP contribution in [0.15, 0.2) is 71.9 Å². The first-order valence-electron chi connectivity index (χ1n) is 10.5. The maximum Gasteiger partial charge on any atom is 0.417 e. The molecular formula is C25H20ClF3N4OS. The molecule has 5 nitrogen and oxygen atoms in total. The fourth-order valence-electron chi connectivity index (χ4n) is 3.41. The number of carbonyl (C=O) groups excluding carboxylic acids is 1. The Bertz CT molecular complexity index is 1370. The molecule has 1 N–H and O–H groups in total. The summed E-state index contributed by atoms with van der Waals surface area (Å²) in [6.45, 7) is 3.97. The van der Waals surface area contributed by atoms with E-state index < -0.39 is 22.7 Å². The first kappa shape index (κ1) is 24.8. The van der Waals surface area contributed by atoms with E-state index in [0.29, 0.717) is 11.0 Å². The van der Waals surface area contributed by atoms with Crippen LogP contribution in [0.2, 0.25) is 5.02 Å². The summed E-state index contributed by atoms with van der Waals surface area (Å²) in [6, 6.07) is 18.9. The smallest absolute Gasteiger partial charge is 0.325 e. The van der Waals surface area contributed by atoms with Crippen LogP contribution >= 0.6 is 23.4 Å². The molecule has 0 saturated heterocycles. The molecule has 0 aliphatic rings. The van der Waals surface area contributed by atoms with E-state index in [9.17, 15) is 18.0 Å². The summed E-state index contributed by atoms with van der Waals surface area (Å²) in [6.07, 6.45) is -4.62. The fraction of sp³-hybridized carbons (Fsp3) is 0.160. The number of nitrogens with one attached hydrogen (secondary N) is 1. The van der Waals surface area contributed by atoms with Gasteiger partial charge in [-0.2, -0.15) is 13.2 Å². The predicted octanol–water partition coefficient (Wildman–Crippen LogP) is 6.95. The molecule has 10 heteroatoms. The molecule has 0 aliphatic carbocycles. The van der Waals surface area contributed by atoms with Crippen LogP contribution in [0.25, 0.3) is 17.1 Å². The number of alkyl halides is 3. The molecule has 4 aromatic rings. The van der Waals surface area contributed by atoms with Crippen molar-refractivity contribution < 1.29 is 18.0 Å². The molecule has 35 heavy (non-hydrogen) atoms. The van der Waals surface area contributed by atoms with Crippen LogP contribution in [-0.2, 0) is 11.0 Å². The maximum atomic E-state index is 13.1. The maximum absolute atomic E-state index is 13.1. The third-order valence-corrected chi connectivity index (χ3v) is 6.35. The number of hydrogen-bond acceptors (Lipinski definition) is 4. The Balaban J connectivity index is 1.58.